The molecule has 14 rings (SSSR count). The Morgan fingerprint density at radius 1 is 0.279 bits per heavy atom. The molecular weight excluding hydrogens is 739 g/mol. The molecule has 3 heteroatoms. The van der Waals surface area contributed by atoms with Crippen molar-refractivity contribution in [2.75, 3.05) is 4.90 Å². The van der Waals surface area contributed by atoms with E-state index in [0.717, 1.165) is 22.7 Å². The van der Waals surface area contributed by atoms with Gasteiger partial charge in [-0.3, -0.25) is 0 Å². The third kappa shape index (κ3) is 4.37. The average molecular weight is 774 g/mol. The monoisotopic (exact) mass is 773 g/mol. The quantitative estimate of drug-likeness (QED) is 0.162. The van der Waals surface area contributed by atoms with Crippen LogP contribution >= 0.6 is 0 Å². The van der Waals surface area contributed by atoms with Gasteiger partial charge in [-0.05, 0) is 98.4 Å². The first-order valence-corrected chi connectivity index (χ1v) is 21.1. The highest BCUT2D eigenvalue weighted by Crippen LogP contribution is 2.52. The van der Waals surface area contributed by atoms with E-state index in [1.165, 1.54) is 103 Å². The Kier molecular flexibility index (Phi) is 6.56. The maximum Gasteiger partial charge on any atom is 0.0796 e. The van der Waals surface area contributed by atoms with Gasteiger partial charge in [-0.2, -0.15) is 0 Å². The van der Waals surface area contributed by atoms with Gasteiger partial charge in [-0.15, -0.1) is 0 Å². The van der Waals surface area contributed by atoms with E-state index in [1.54, 1.807) is 0 Å². The molecule has 0 N–H and O–H groups in total. The van der Waals surface area contributed by atoms with E-state index >= 15 is 0 Å². The van der Waals surface area contributed by atoms with Gasteiger partial charge < -0.3 is 13.9 Å². The molecule has 0 bridgehead atoms. The van der Waals surface area contributed by atoms with Crippen molar-refractivity contribution in [2.24, 2.45) is 0 Å². The van der Waals surface area contributed by atoms with Crippen molar-refractivity contribution in [3.63, 3.8) is 0 Å². The lowest BCUT2D eigenvalue weighted by Gasteiger charge is -2.26. The first-order chi connectivity index (χ1) is 30.3. The summed E-state index contributed by atoms with van der Waals surface area (Å²) in [6.45, 7) is 0. The Hall–Kier alpha value is -8.14. The van der Waals surface area contributed by atoms with Crippen molar-refractivity contribution < 1.29 is 0 Å². The summed E-state index contributed by atoms with van der Waals surface area (Å²) in [7, 11) is 0. The van der Waals surface area contributed by atoms with Gasteiger partial charge in [-0.1, -0.05) is 152 Å². The molecule has 282 valence electrons. The van der Waals surface area contributed by atoms with Crippen LogP contribution in [-0.4, -0.2) is 8.97 Å². The number of hydrogen-bond donors (Lipinski definition) is 0. The molecule has 3 aromatic heterocycles. The fourth-order valence-corrected chi connectivity index (χ4v) is 10.9. The highest BCUT2D eigenvalue weighted by Gasteiger charge is 2.29. The second kappa shape index (κ2) is 12.2. The van der Waals surface area contributed by atoms with Crippen LogP contribution in [0.1, 0.15) is 0 Å². The van der Waals surface area contributed by atoms with Gasteiger partial charge in [-0.25, -0.2) is 0 Å². The molecule has 0 atom stereocenters. The number of anilines is 3. The van der Waals surface area contributed by atoms with Gasteiger partial charge in [0, 0.05) is 60.5 Å². The largest absolute Gasteiger partial charge is 0.310 e. The molecule has 0 unspecified atom stereocenters. The van der Waals surface area contributed by atoms with Crippen LogP contribution in [0.5, 0.6) is 0 Å². The zero-order valence-electron chi connectivity index (χ0n) is 33.0. The molecule has 0 saturated carbocycles. The summed E-state index contributed by atoms with van der Waals surface area (Å²) in [5.74, 6) is 0. The van der Waals surface area contributed by atoms with Crippen LogP contribution in [0.25, 0.3) is 109 Å². The number of fused-ring (bicyclic) bond motifs is 19. The Morgan fingerprint density at radius 2 is 0.836 bits per heavy atom. The van der Waals surface area contributed by atoms with Gasteiger partial charge >= 0.3 is 0 Å². The van der Waals surface area contributed by atoms with E-state index in [2.05, 4.69) is 226 Å². The third-order valence-corrected chi connectivity index (χ3v) is 13.3. The summed E-state index contributed by atoms with van der Waals surface area (Å²) < 4.78 is 5.20. The van der Waals surface area contributed by atoms with E-state index in [-0.39, 0.29) is 0 Å². The summed E-state index contributed by atoms with van der Waals surface area (Å²) >= 11 is 0. The first kappa shape index (κ1) is 32.8. The lowest BCUT2D eigenvalue weighted by Crippen LogP contribution is -2.10. The minimum absolute atomic E-state index is 1.09. The minimum Gasteiger partial charge on any atom is -0.310 e. The van der Waals surface area contributed by atoms with Gasteiger partial charge in [0.2, 0.25) is 0 Å². The number of para-hydroxylation sites is 3. The molecule has 0 radical (unpaired) electrons. The topological polar surface area (TPSA) is 12.6 Å². The Morgan fingerprint density at radius 3 is 1.56 bits per heavy atom. The van der Waals surface area contributed by atoms with Gasteiger partial charge in [0.25, 0.3) is 0 Å². The molecule has 0 saturated heterocycles. The summed E-state index contributed by atoms with van der Waals surface area (Å²) in [4.78, 5) is 2.36. The smallest absolute Gasteiger partial charge is 0.0796 e. The number of aromatic nitrogens is 2. The van der Waals surface area contributed by atoms with Gasteiger partial charge in [0.1, 0.15) is 0 Å². The van der Waals surface area contributed by atoms with E-state index in [9.17, 15) is 0 Å². The molecule has 0 aliphatic heterocycles. The molecule has 0 aliphatic carbocycles. The molecule has 3 nitrogen and oxygen atoms in total. The Bertz CT molecular complexity index is 4060. The summed E-state index contributed by atoms with van der Waals surface area (Å²) in [5.41, 5.74) is 10.6. The van der Waals surface area contributed by atoms with Crippen molar-refractivity contribution >= 4 is 120 Å². The zero-order chi connectivity index (χ0) is 39.8. The molecule has 0 spiro atoms. The van der Waals surface area contributed by atoms with E-state index in [4.69, 9.17) is 0 Å². The molecule has 3 heterocycles. The zero-order valence-corrected chi connectivity index (χ0v) is 33.0. The normalized spacial score (nSPS) is 12.3. The first-order valence-electron chi connectivity index (χ1n) is 21.1. The summed E-state index contributed by atoms with van der Waals surface area (Å²) in [5, 5.41) is 17.9. The fourth-order valence-electron chi connectivity index (χ4n) is 10.9. The lowest BCUT2D eigenvalue weighted by atomic mass is 9.91. The maximum atomic E-state index is 2.62. The van der Waals surface area contributed by atoms with Crippen LogP contribution in [0.3, 0.4) is 0 Å². The predicted octanol–water partition coefficient (Wildman–Crippen LogP) is 16.0. The van der Waals surface area contributed by atoms with Crippen molar-refractivity contribution in [2.45, 2.75) is 0 Å². The van der Waals surface area contributed by atoms with Crippen LogP contribution < -0.4 is 4.90 Å². The standard InChI is InChI=1S/C58H35N3/c1-3-19-39(20-4-1)59(40-21-5-2-6-22-40)41-23-15-24-42(35-41)60-50-33-31-37-17-8-11-26-44(37)52(50)54-47-32-30-36-16-7-10-25-43(36)51(47)55-53-45-27-12-9-18-38(45)34-48-46-28-13-14-29-49(46)61(56(48)53)58(55)57(54)60/h1-35H. The fraction of sp³-hybridized carbons (Fsp3) is 0. The third-order valence-electron chi connectivity index (χ3n) is 13.3. The van der Waals surface area contributed by atoms with Crippen LogP contribution in [0.2, 0.25) is 0 Å². The SMILES string of the molecule is c1ccc(N(c2ccccc2)c2cccc(-n3c4ccc5ccccc5c4c4c5ccc6ccccc6c5c5c6c7ccccc7cc7c8ccccc8n(c76)c5c43)c2)cc1. The molecule has 11 aromatic carbocycles. The van der Waals surface area contributed by atoms with Crippen LogP contribution in [0.4, 0.5) is 17.1 Å². The summed E-state index contributed by atoms with van der Waals surface area (Å²) in [6.07, 6.45) is 0. The van der Waals surface area contributed by atoms with Crippen molar-refractivity contribution in [3.8, 4) is 5.69 Å². The second-order valence-corrected chi connectivity index (χ2v) is 16.4. The van der Waals surface area contributed by atoms with Crippen LogP contribution in [0.15, 0.2) is 212 Å². The van der Waals surface area contributed by atoms with Crippen LogP contribution in [-0.2, 0) is 0 Å². The average Bonchev–Trinajstić information content (AvgIpc) is 3.98. The van der Waals surface area contributed by atoms with E-state index in [0.29, 0.717) is 0 Å². The minimum atomic E-state index is 1.09. The molecule has 0 aliphatic rings. The predicted molar refractivity (Wildman–Crippen MR) is 260 cm³/mol. The number of benzene rings is 11. The summed E-state index contributed by atoms with van der Waals surface area (Å²) in [6, 6.07) is 78.3. The van der Waals surface area contributed by atoms with Crippen molar-refractivity contribution in [1.29, 1.82) is 0 Å². The number of rotatable bonds is 4. The molecule has 0 amide bonds. The van der Waals surface area contributed by atoms with Gasteiger partial charge in [0.05, 0.1) is 27.6 Å². The lowest BCUT2D eigenvalue weighted by molar-refractivity contribution is 1.17. The number of nitrogens with zero attached hydrogens (tertiary/aromatic N) is 3. The highest BCUT2D eigenvalue weighted by atomic mass is 15.1. The van der Waals surface area contributed by atoms with Crippen molar-refractivity contribution in [3.05, 3.63) is 212 Å². The van der Waals surface area contributed by atoms with Crippen LogP contribution in [0, 0.1) is 0 Å². The Balaban J connectivity index is 1.27. The van der Waals surface area contributed by atoms with Gasteiger partial charge in [0.15, 0.2) is 0 Å². The molecular formula is C58H35N3. The van der Waals surface area contributed by atoms with E-state index in [1.807, 2.05) is 0 Å². The second-order valence-electron chi connectivity index (χ2n) is 16.4. The highest BCUT2D eigenvalue weighted by molar-refractivity contribution is 6.45. The molecule has 0 fully saturated rings. The molecule has 61 heavy (non-hydrogen) atoms. The molecule has 14 aromatic rings. The Labute approximate surface area is 350 Å². The van der Waals surface area contributed by atoms with Crippen molar-refractivity contribution in [1.82, 2.24) is 8.97 Å². The number of hydrogen-bond acceptors (Lipinski definition) is 1. The maximum absolute atomic E-state index is 2.62. The van der Waals surface area contributed by atoms with E-state index < -0.39 is 0 Å².